The Morgan fingerprint density at radius 1 is 1.21 bits per heavy atom. The lowest BCUT2D eigenvalue weighted by atomic mass is 10.2. The predicted molar refractivity (Wildman–Crippen MR) is 73.7 cm³/mol. The van der Waals surface area contributed by atoms with Crippen LogP contribution < -0.4 is 5.32 Å². The molecule has 0 aliphatic carbocycles. The molecule has 0 saturated heterocycles. The summed E-state index contributed by atoms with van der Waals surface area (Å²) in [5.74, 6) is 1.09. The Labute approximate surface area is 116 Å². The third-order valence-electron chi connectivity index (χ3n) is 2.48. The summed E-state index contributed by atoms with van der Waals surface area (Å²) < 4.78 is 38.3. The van der Waals surface area contributed by atoms with Crippen molar-refractivity contribution in [2.24, 2.45) is 0 Å². The Morgan fingerprint density at radius 3 is 2.53 bits per heavy atom. The molecule has 0 aliphatic rings. The van der Waals surface area contributed by atoms with Crippen molar-refractivity contribution in [3.8, 4) is 0 Å². The highest BCUT2D eigenvalue weighted by atomic mass is 32.2. The second-order valence-electron chi connectivity index (χ2n) is 4.16. The number of halogens is 3. The van der Waals surface area contributed by atoms with Gasteiger partial charge in [-0.15, -0.1) is 11.8 Å². The van der Waals surface area contributed by atoms with E-state index < -0.39 is 11.7 Å². The topological polar surface area (TPSA) is 24.9 Å². The molecule has 1 aromatic heterocycles. The maximum absolute atomic E-state index is 12.8. The fourth-order valence-corrected chi connectivity index (χ4v) is 2.47. The first-order chi connectivity index (χ1) is 8.97. The van der Waals surface area contributed by atoms with E-state index in [4.69, 9.17) is 0 Å². The van der Waals surface area contributed by atoms with Crippen LogP contribution in [-0.2, 0) is 6.18 Å². The van der Waals surface area contributed by atoms with Crippen molar-refractivity contribution < 1.29 is 13.2 Å². The lowest BCUT2D eigenvalue weighted by Crippen LogP contribution is -2.08. The molecular formula is C13H19F3N2S. The summed E-state index contributed by atoms with van der Waals surface area (Å²) in [6.07, 6.45) is -1.15. The molecule has 1 heterocycles. The molecule has 1 rings (SSSR count). The van der Waals surface area contributed by atoms with Crippen molar-refractivity contribution in [1.82, 2.24) is 4.98 Å². The van der Waals surface area contributed by atoms with E-state index in [9.17, 15) is 13.2 Å². The van der Waals surface area contributed by atoms with Crippen molar-refractivity contribution in [2.75, 3.05) is 17.6 Å². The van der Waals surface area contributed by atoms with Crippen LogP contribution in [0.25, 0.3) is 0 Å². The van der Waals surface area contributed by atoms with Crippen LogP contribution in [0.5, 0.6) is 0 Å². The summed E-state index contributed by atoms with van der Waals surface area (Å²) in [6, 6.07) is 2.18. The van der Waals surface area contributed by atoms with Gasteiger partial charge in [-0.05, 0) is 31.2 Å². The monoisotopic (exact) mass is 292 g/mol. The van der Waals surface area contributed by atoms with Crippen molar-refractivity contribution in [3.63, 3.8) is 0 Å². The smallest absolute Gasteiger partial charge is 0.370 e. The number of rotatable bonds is 7. The largest absolute Gasteiger partial charge is 0.416 e. The van der Waals surface area contributed by atoms with Gasteiger partial charge in [-0.1, -0.05) is 19.8 Å². The van der Waals surface area contributed by atoms with Crippen molar-refractivity contribution in [3.05, 3.63) is 17.7 Å². The summed E-state index contributed by atoms with van der Waals surface area (Å²) in [5, 5.41) is 3.27. The SMILES string of the molecule is CCCCCSc1cc(C(F)(F)F)cc(NCC)n1. The number of thioether (sulfide) groups is 1. The van der Waals surface area contributed by atoms with Crippen LogP contribution in [0.4, 0.5) is 19.0 Å². The number of alkyl halides is 3. The molecule has 0 aromatic carbocycles. The molecule has 1 N–H and O–H groups in total. The zero-order chi connectivity index (χ0) is 14.3. The normalized spacial score (nSPS) is 11.6. The number of pyridine rings is 1. The van der Waals surface area contributed by atoms with E-state index in [2.05, 4.69) is 17.2 Å². The molecule has 0 spiro atoms. The second kappa shape index (κ2) is 7.62. The molecule has 1 aromatic rings. The van der Waals surface area contributed by atoms with Gasteiger partial charge in [0.05, 0.1) is 10.6 Å². The molecule has 108 valence electrons. The standard InChI is InChI=1S/C13H19F3N2S/c1-3-5-6-7-19-12-9-10(13(14,15)16)8-11(18-12)17-4-2/h8-9H,3-7H2,1-2H3,(H,17,18). The van der Waals surface area contributed by atoms with Gasteiger partial charge in [-0.2, -0.15) is 13.2 Å². The van der Waals surface area contributed by atoms with E-state index >= 15 is 0 Å². The van der Waals surface area contributed by atoms with Gasteiger partial charge in [0.15, 0.2) is 0 Å². The molecule has 2 nitrogen and oxygen atoms in total. The third-order valence-corrected chi connectivity index (χ3v) is 3.48. The summed E-state index contributed by atoms with van der Waals surface area (Å²) in [7, 11) is 0. The average molecular weight is 292 g/mol. The second-order valence-corrected chi connectivity index (χ2v) is 5.28. The zero-order valence-electron chi connectivity index (χ0n) is 11.2. The quantitative estimate of drug-likeness (QED) is 0.576. The lowest BCUT2D eigenvalue weighted by molar-refractivity contribution is -0.137. The Kier molecular flexibility index (Phi) is 6.48. The first-order valence-corrected chi connectivity index (χ1v) is 7.42. The van der Waals surface area contributed by atoms with Gasteiger partial charge >= 0.3 is 6.18 Å². The van der Waals surface area contributed by atoms with Crippen LogP contribution in [0.3, 0.4) is 0 Å². The summed E-state index contributed by atoms with van der Waals surface area (Å²) in [6.45, 7) is 4.47. The Morgan fingerprint density at radius 2 is 1.95 bits per heavy atom. The average Bonchev–Trinajstić information content (AvgIpc) is 2.34. The highest BCUT2D eigenvalue weighted by molar-refractivity contribution is 7.99. The number of unbranched alkanes of at least 4 members (excludes halogenated alkanes) is 2. The fraction of sp³-hybridized carbons (Fsp3) is 0.615. The first-order valence-electron chi connectivity index (χ1n) is 6.43. The van der Waals surface area contributed by atoms with Gasteiger partial charge in [0, 0.05) is 6.54 Å². The first kappa shape index (κ1) is 16.1. The minimum absolute atomic E-state index is 0.287. The van der Waals surface area contributed by atoms with Crippen molar-refractivity contribution in [2.45, 2.75) is 44.3 Å². The minimum Gasteiger partial charge on any atom is -0.370 e. The number of nitrogens with zero attached hydrogens (tertiary/aromatic N) is 1. The zero-order valence-corrected chi connectivity index (χ0v) is 12.0. The minimum atomic E-state index is -4.33. The maximum Gasteiger partial charge on any atom is 0.416 e. The summed E-state index contributed by atoms with van der Waals surface area (Å²) >= 11 is 1.38. The Bertz CT molecular complexity index is 394. The molecule has 0 saturated carbocycles. The maximum atomic E-state index is 12.8. The number of nitrogens with one attached hydrogen (secondary N) is 1. The molecule has 0 atom stereocenters. The summed E-state index contributed by atoms with van der Waals surface area (Å²) in [4.78, 5) is 4.19. The van der Waals surface area contributed by atoms with Crippen LogP contribution in [-0.4, -0.2) is 17.3 Å². The van der Waals surface area contributed by atoms with Crippen LogP contribution in [0.15, 0.2) is 17.2 Å². The van der Waals surface area contributed by atoms with Gasteiger partial charge in [0.1, 0.15) is 5.82 Å². The van der Waals surface area contributed by atoms with Gasteiger partial charge in [-0.25, -0.2) is 4.98 Å². The van der Waals surface area contributed by atoms with Crippen LogP contribution in [0.2, 0.25) is 0 Å². The van der Waals surface area contributed by atoms with Crippen molar-refractivity contribution in [1.29, 1.82) is 0 Å². The summed E-state index contributed by atoms with van der Waals surface area (Å²) in [5.41, 5.74) is -0.642. The molecule has 0 bridgehead atoms. The molecule has 19 heavy (non-hydrogen) atoms. The van der Waals surface area contributed by atoms with E-state index in [1.165, 1.54) is 11.8 Å². The van der Waals surface area contributed by atoms with Crippen LogP contribution >= 0.6 is 11.8 Å². The highest BCUT2D eigenvalue weighted by Gasteiger charge is 2.31. The molecular weight excluding hydrogens is 273 g/mol. The highest BCUT2D eigenvalue weighted by Crippen LogP contribution is 2.33. The Hall–Kier alpha value is -0.910. The van der Waals surface area contributed by atoms with Gasteiger partial charge in [0.25, 0.3) is 0 Å². The van der Waals surface area contributed by atoms with Gasteiger partial charge in [0.2, 0.25) is 0 Å². The fourth-order valence-electron chi connectivity index (χ4n) is 1.54. The van der Waals surface area contributed by atoms with Gasteiger partial charge < -0.3 is 5.32 Å². The number of hydrogen-bond acceptors (Lipinski definition) is 3. The van der Waals surface area contributed by atoms with Gasteiger partial charge in [-0.3, -0.25) is 0 Å². The number of anilines is 1. The molecule has 0 aliphatic heterocycles. The van der Waals surface area contributed by atoms with Crippen molar-refractivity contribution >= 4 is 17.6 Å². The van der Waals surface area contributed by atoms with E-state index in [0.717, 1.165) is 37.1 Å². The van der Waals surface area contributed by atoms with Crippen LogP contribution in [0, 0.1) is 0 Å². The molecule has 0 fully saturated rings. The van der Waals surface area contributed by atoms with E-state index in [-0.39, 0.29) is 5.82 Å². The molecule has 0 radical (unpaired) electrons. The number of hydrogen-bond donors (Lipinski definition) is 1. The molecule has 0 unspecified atom stereocenters. The molecule has 6 heteroatoms. The lowest BCUT2D eigenvalue weighted by Gasteiger charge is -2.11. The number of aromatic nitrogens is 1. The molecule has 0 amide bonds. The van der Waals surface area contributed by atoms with Crippen LogP contribution in [0.1, 0.15) is 38.7 Å². The van der Waals surface area contributed by atoms with E-state index in [0.29, 0.717) is 11.6 Å². The Balaban J connectivity index is 2.81. The van der Waals surface area contributed by atoms with E-state index in [1.54, 1.807) is 0 Å². The third kappa shape index (κ3) is 5.72. The predicted octanol–water partition coefficient (Wildman–Crippen LogP) is 4.81. The van der Waals surface area contributed by atoms with E-state index in [1.807, 2.05) is 6.92 Å².